The lowest BCUT2D eigenvalue weighted by Gasteiger charge is -2.22. The Morgan fingerprint density at radius 3 is 1.86 bits per heavy atom. The van der Waals surface area contributed by atoms with Crippen molar-refractivity contribution >= 4 is 25.8 Å². The first kappa shape index (κ1) is 24.1. The molecule has 2 bridgehead atoms. The highest BCUT2D eigenvalue weighted by molar-refractivity contribution is 7.89. The molecule has 3 unspecified atom stereocenters. The summed E-state index contributed by atoms with van der Waals surface area (Å²) in [6, 6.07) is 9.44. The average Bonchev–Trinajstić information content (AvgIpc) is 3.56. The molecule has 0 aromatic heterocycles. The number of oxime groups is 1. The third kappa shape index (κ3) is 4.17. The molecule has 0 heterocycles. The molecule has 2 aromatic carbocycles. The van der Waals surface area contributed by atoms with Crippen LogP contribution in [0.15, 0.2) is 51.3 Å². The Morgan fingerprint density at radius 1 is 0.722 bits per heavy atom. The zero-order valence-electron chi connectivity index (χ0n) is 20.0. The van der Waals surface area contributed by atoms with Gasteiger partial charge in [0.25, 0.3) is 0 Å². The van der Waals surface area contributed by atoms with Crippen molar-refractivity contribution in [1.82, 2.24) is 9.44 Å². The predicted molar refractivity (Wildman–Crippen MR) is 136 cm³/mol. The van der Waals surface area contributed by atoms with Crippen molar-refractivity contribution in [3.8, 4) is 11.1 Å². The average molecular weight is 530 g/mol. The summed E-state index contributed by atoms with van der Waals surface area (Å²) in [6.45, 7) is 0. The molecule has 3 saturated carbocycles. The number of benzene rings is 2. The Hall–Kier alpha value is -2.27. The van der Waals surface area contributed by atoms with Crippen molar-refractivity contribution in [2.75, 3.05) is 0 Å². The molecular formula is C26H31N3O5S2. The lowest BCUT2D eigenvalue weighted by Crippen LogP contribution is -2.38. The van der Waals surface area contributed by atoms with Crippen LogP contribution in [0.5, 0.6) is 0 Å². The van der Waals surface area contributed by atoms with Gasteiger partial charge < -0.3 is 5.21 Å². The van der Waals surface area contributed by atoms with E-state index in [1.54, 1.807) is 24.3 Å². The summed E-state index contributed by atoms with van der Waals surface area (Å²) >= 11 is 0. The van der Waals surface area contributed by atoms with Gasteiger partial charge in [-0.2, -0.15) is 0 Å². The molecule has 3 fully saturated rings. The summed E-state index contributed by atoms with van der Waals surface area (Å²) in [5.41, 5.74) is 2.53. The van der Waals surface area contributed by atoms with E-state index in [0.717, 1.165) is 51.4 Å². The largest absolute Gasteiger partial charge is 0.410 e. The molecule has 192 valence electrons. The molecule has 10 heteroatoms. The van der Waals surface area contributed by atoms with Crippen LogP contribution in [0.2, 0.25) is 0 Å². The van der Waals surface area contributed by atoms with Crippen molar-refractivity contribution in [2.45, 2.75) is 79.7 Å². The molecule has 0 aliphatic heterocycles. The van der Waals surface area contributed by atoms with E-state index in [-0.39, 0.29) is 27.6 Å². The van der Waals surface area contributed by atoms with Gasteiger partial charge in [-0.1, -0.05) is 43.0 Å². The normalized spacial score (nSPS) is 26.9. The van der Waals surface area contributed by atoms with Gasteiger partial charge in [0.2, 0.25) is 20.0 Å². The van der Waals surface area contributed by atoms with Gasteiger partial charge in [0.15, 0.2) is 0 Å². The third-order valence-electron chi connectivity index (χ3n) is 8.47. The molecule has 2 aromatic rings. The number of nitrogens with one attached hydrogen (secondary N) is 2. The second kappa shape index (κ2) is 8.93. The minimum Gasteiger partial charge on any atom is -0.410 e. The van der Waals surface area contributed by atoms with Gasteiger partial charge in [0, 0.05) is 23.2 Å². The Balaban J connectivity index is 1.29. The van der Waals surface area contributed by atoms with Crippen LogP contribution in [0, 0.1) is 11.8 Å². The van der Waals surface area contributed by atoms with Gasteiger partial charge in [0.1, 0.15) is 5.71 Å². The number of hydrogen-bond acceptors (Lipinski definition) is 6. The number of nitrogens with zero attached hydrogens (tertiary/aromatic N) is 1. The topological polar surface area (TPSA) is 125 Å². The first-order valence-electron chi connectivity index (χ1n) is 12.8. The monoisotopic (exact) mass is 529 g/mol. The van der Waals surface area contributed by atoms with Crippen LogP contribution in [-0.4, -0.2) is 39.8 Å². The molecule has 0 saturated heterocycles. The van der Waals surface area contributed by atoms with Crippen LogP contribution in [0.1, 0.15) is 68.9 Å². The molecule has 4 aliphatic rings. The maximum atomic E-state index is 13.2. The van der Waals surface area contributed by atoms with Crippen LogP contribution >= 0.6 is 0 Å². The minimum atomic E-state index is -3.75. The zero-order chi connectivity index (χ0) is 25.1. The SMILES string of the molecule is O=S(=O)(NC1CCCCC1)c1ccc2c(c1)C(=NO)c1cc(S(=O)(=O)NC3CC4CCC3C4)ccc1-2. The Bertz CT molecular complexity index is 1450. The van der Waals surface area contributed by atoms with E-state index >= 15 is 0 Å². The second-order valence-corrected chi connectivity index (χ2v) is 14.2. The van der Waals surface area contributed by atoms with E-state index in [0.29, 0.717) is 34.1 Å². The van der Waals surface area contributed by atoms with Crippen molar-refractivity contribution in [2.24, 2.45) is 17.0 Å². The quantitative estimate of drug-likeness (QED) is 0.329. The molecule has 3 N–H and O–H groups in total. The van der Waals surface area contributed by atoms with E-state index in [9.17, 15) is 22.0 Å². The molecule has 6 rings (SSSR count). The van der Waals surface area contributed by atoms with Crippen LogP contribution in [-0.2, 0) is 20.0 Å². The van der Waals surface area contributed by atoms with Gasteiger partial charge in [0.05, 0.1) is 9.79 Å². The fourth-order valence-corrected chi connectivity index (χ4v) is 9.33. The van der Waals surface area contributed by atoms with Crippen molar-refractivity contribution in [1.29, 1.82) is 0 Å². The number of sulfonamides is 2. The number of fused-ring (bicyclic) bond motifs is 5. The molecule has 0 spiro atoms. The first-order valence-corrected chi connectivity index (χ1v) is 15.8. The van der Waals surface area contributed by atoms with Crippen LogP contribution in [0.4, 0.5) is 0 Å². The van der Waals surface area contributed by atoms with Crippen LogP contribution in [0.25, 0.3) is 11.1 Å². The van der Waals surface area contributed by atoms with Crippen LogP contribution in [0.3, 0.4) is 0 Å². The summed E-state index contributed by atoms with van der Waals surface area (Å²) in [5.74, 6) is 1.02. The van der Waals surface area contributed by atoms with Crippen LogP contribution < -0.4 is 9.44 Å². The predicted octanol–water partition coefficient (Wildman–Crippen LogP) is 3.97. The first-order chi connectivity index (χ1) is 17.2. The highest BCUT2D eigenvalue weighted by Crippen LogP contribution is 2.45. The van der Waals surface area contributed by atoms with Gasteiger partial charge in [-0.25, -0.2) is 26.3 Å². The lowest BCUT2D eigenvalue weighted by atomic mass is 9.96. The fourth-order valence-electron chi connectivity index (χ4n) is 6.66. The highest BCUT2D eigenvalue weighted by Gasteiger charge is 2.41. The maximum absolute atomic E-state index is 13.2. The molecule has 36 heavy (non-hydrogen) atoms. The second-order valence-electron chi connectivity index (χ2n) is 10.7. The van der Waals surface area contributed by atoms with E-state index < -0.39 is 20.0 Å². The molecular weight excluding hydrogens is 498 g/mol. The zero-order valence-corrected chi connectivity index (χ0v) is 21.6. The van der Waals surface area contributed by atoms with E-state index in [4.69, 9.17) is 0 Å². The van der Waals surface area contributed by atoms with Gasteiger partial charge in [-0.05, 0) is 79.3 Å². The van der Waals surface area contributed by atoms with Crippen molar-refractivity contribution < 1.29 is 22.0 Å². The summed E-state index contributed by atoms with van der Waals surface area (Å²) in [6.07, 6.45) is 9.03. The van der Waals surface area contributed by atoms with Gasteiger partial charge in [-0.3, -0.25) is 0 Å². The highest BCUT2D eigenvalue weighted by atomic mass is 32.2. The maximum Gasteiger partial charge on any atom is 0.240 e. The molecule has 8 nitrogen and oxygen atoms in total. The molecule has 0 amide bonds. The molecule has 3 atom stereocenters. The standard InChI is InChI=1S/C26H31N3O5S2/c30-27-26-23-14-19(35(31,32)28-18-4-2-1-3-5-18)8-10-21(23)22-11-9-20(15-24(22)26)36(33,34)29-25-13-16-6-7-17(25)12-16/h8-11,14-18,25,28-30H,1-7,12-13H2. The fraction of sp³-hybridized carbons (Fsp3) is 0.500. The smallest absolute Gasteiger partial charge is 0.240 e. The van der Waals surface area contributed by atoms with Gasteiger partial charge in [-0.15, -0.1) is 0 Å². The summed E-state index contributed by atoms with van der Waals surface area (Å²) in [5, 5.41) is 13.3. The Morgan fingerprint density at radius 2 is 1.33 bits per heavy atom. The molecule has 0 radical (unpaired) electrons. The summed E-state index contributed by atoms with van der Waals surface area (Å²) < 4.78 is 58.3. The van der Waals surface area contributed by atoms with E-state index in [1.807, 2.05) is 0 Å². The Labute approximate surface area is 212 Å². The summed E-state index contributed by atoms with van der Waals surface area (Å²) in [7, 11) is -7.49. The van der Waals surface area contributed by atoms with E-state index in [2.05, 4.69) is 14.6 Å². The molecule has 4 aliphatic carbocycles. The minimum absolute atomic E-state index is 0.0328. The van der Waals surface area contributed by atoms with E-state index in [1.165, 1.54) is 18.6 Å². The lowest BCUT2D eigenvalue weighted by molar-refractivity contribution is 0.320. The number of rotatable bonds is 6. The van der Waals surface area contributed by atoms with Crippen molar-refractivity contribution in [3.63, 3.8) is 0 Å². The van der Waals surface area contributed by atoms with Crippen molar-refractivity contribution in [3.05, 3.63) is 47.5 Å². The van der Waals surface area contributed by atoms with Gasteiger partial charge >= 0.3 is 0 Å². The third-order valence-corrected chi connectivity index (χ3v) is 11.5. The Kier molecular flexibility index (Phi) is 5.98. The summed E-state index contributed by atoms with van der Waals surface area (Å²) in [4.78, 5) is 0.219. The number of hydrogen-bond donors (Lipinski definition) is 3.